The molecule has 2 aromatic carbocycles. The molecule has 0 aliphatic heterocycles. The molecule has 0 fully saturated rings. The van der Waals surface area contributed by atoms with E-state index in [9.17, 15) is 0 Å². The number of hydrogen-bond donors (Lipinski definition) is 0. The highest BCUT2D eigenvalue weighted by atomic mass is 35.5. The van der Waals surface area contributed by atoms with Crippen molar-refractivity contribution in [2.75, 3.05) is 0 Å². The van der Waals surface area contributed by atoms with Crippen LogP contribution in [0.15, 0.2) is 60.8 Å². The van der Waals surface area contributed by atoms with Crippen LogP contribution < -0.4 is 0 Å². The van der Waals surface area contributed by atoms with Crippen molar-refractivity contribution in [1.82, 2.24) is 9.78 Å². The van der Waals surface area contributed by atoms with E-state index in [0.717, 1.165) is 23.6 Å². The molecule has 0 bridgehead atoms. The van der Waals surface area contributed by atoms with Gasteiger partial charge in [0, 0.05) is 22.8 Å². The summed E-state index contributed by atoms with van der Waals surface area (Å²) in [6.07, 6.45) is 2.92. The molecule has 1 aromatic heterocycles. The van der Waals surface area contributed by atoms with E-state index in [0.29, 0.717) is 0 Å². The van der Waals surface area contributed by atoms with Gasteiger partial charge in [-0.1, -0.05) is 54.1 Å². The third kappa shape index (κ3) is 3.17. The van der Waals surface area contributed by atoms with Crippen LogP contribution in [0, 0.1) is 6.92 Å². The largest absolute Gasteiger partial charge is 0.269 e. The fourth-order valence-corrected chi connectivity index (χ4v) is 2.59. The van der Waals surface area contributed by atoms with Crippen LogP contribution in [0.5, 0.6) is 0 Å². The van der Waals surface area contributed by atoms with E-state index in [-0.39, 0.29) is 0 Å². The highest BCUT2D eigenvalue weighted by molar-refractivity contribution is 6.30. The van der Waals surface area contributed by atoms with Gasteiger partial charge in [0.05, 0.1) is 6.20 Å². The Hall–Kier alpha value is -2.06. The third-order valence-electron chi connectivity index (χ3n) is 3.71. The molecule has 0 N–H and O–H groups in total. The zero-order valence-corrected chi connectivity index (χ0v) is 12.7. The molecule has 3 rings (SSSR count). The van der Waals surface area contributed by atoms with Gasteiger partial charge in [0.2, 0.25) is 0 Å². The first-order valence-electron chi connectivity index (χ1n) is 7.06. The van der Waals surface area contributed by atoms with Gasteiger partial charge in [0.1, 0.15) is 0 Å². The van der Waals surface area contributed by atoms with Crippen molar-refractivity contribution in [1.29, 1.82) is 0 Å². The fourth-order valence-electron chi connectivity index (χ4n) is 2.46. The Morgan fingerprint density at radius 3 is 2.43 bits per heavy atom. The lowest BCUT2D eigenvalue weighted by Crippen LogP contribution is -2.05. The van der Waals surface area contributed by atoms with E-state index in [1.165, 1.54) is 16.8 Å². The van der Waals surface area contributed by atoms with Gasteiger partial charge in [0.25, 0.3) is 0 Å². The number of aromatic nitrogens is 2. The molecule has 0 saturated carbocycles. The van der Waals surface area contributed by atoms with Crippen LogP contribution in [0.3, 0.4) is 0 Å². The first-order chi connectivity index (χ1) is 10.2. The summed E-state index contributed by atoms with van der Waals surface area (Å²) < 4.78 is 2.07. The van der Waals surface area contributed by atoms with Crippen molar-refractivity contribution >= 4 is 11.6 Å². The molecule has 2 nitrogen and oxygen atoms in total. The highest BCUT2D eigenvalue weighted by Gasteiger charge is 2.08. The summed E-state index contributed by atoms with van der Waals surface area (Å²) in [4.78, 5) is 0. The standard InChI is InChI=1S/C18H17ClN2/c1-14-18(16-7-9-17(19)10-8-16)13-20-21(14)12-11-15-5-3-2-4-6-15/h2-10,13H,11-12H2,1H3. The van der Waals surface area contributed by atoms with E-state index < -0.39 is 0 Å². The Bertz CT molecular complexity index is 715. The van der Waals surface area contributed by atoms with Crippen molar-refractivity contribution in [2.24, 2.45) is 0 Å². The van der Waals surface area contributed by atoms with Crippen LogP contribution in [0.25, 0.3) is 11.1 Å². The number of aryl methyl sites for hydroxylation is 2. The average Bonchev–Trinajstić information content (AvgIpc) is 2.88. The Morgan fingerprint density at radius 1 is 1.00 bits per heavy atom. The van der Waals surface area contributed by atoms with Gasteiger partial charge >= 0.3 is 0 Å². The Kier molecular flexibility index (Phi) is 4.07. The van der Waals surface area contributed by atoms with Gasteiger partial charge in [-0.3, -0.25) is 4.68 Å². The van der Waals surface area contributed by atoms with Crippen molar-refractivity contribution in [3.8, 4) is 11.1 Å². The minimum absolute atomic E-state index is 0.757. The summed E-state index contributed by atoms with van der Waals surface area (Å²) in [5.74, 6) is 0. The van der Waals surface area contributed by atoms with E-state index in [1.807, 2.05) is 36.5 Å². The molecule has 0 aliphatic carbocycles. The topological polar surface area (TPSA) is 17.8 Å². The molecular weight excluding hydrogens is 280 g/mol. The molecule has 0 unspecified atom stereocenters. The van der Waals surface area contributed by atoms with E-state index in [4.69, 9.17) is 11.6 Å². The maximum Gasteiger partial charge on any atom is 0.0571 e. The maximum absolute atomic E-state index is 5.94. The monoisotopic (exact) mass is 296 g/mol. The average molecular weight is 297 g/mol. The lowest BCUT2D eigenvalue weighted by molar-refractivity contribution is 0.598. The van der Waals surface area contributed by atoms with Gasteiger partial charge in [0.15, 0.2) is 0 Å². The minimum atomic E-state index is 0.757. The second kappa shape index (κ2) is 6.15. The summed E-state index contributed by atoms with van der Waals surface area (Å²) >= 11 is 5.94. The van der Waals surface area contributed by atoms with Crippen molar-refractivity contribution in [3.05, 3.63) is 77.1 Å². The van der Waals surface area contributed by atoms with Crippen LogP contribution in [0.2, 0.25) is 5.02 Å². The first-order valence-corrected chi connectivity index (χ1v) is 7.44. The highest BCUT2D eigenvalue weighted by Crippen LogP contribution is 2.24. The number of rotatable bonds is 4. The zero-order valence-electron chi connectivity index (χ0n) is 12.0. The van der Waals surface area contributed by atoms with Gasteiger partial charge in [-0.15, -0.1) is 0 Å². The van der Waals surface area contributed by atoms with Gasteiger partial charge in [-0.25, -0.2) is 0 Å². The molecule has 1 heterocycles. The van der Waals surface area contributed by atoms with Crippen molar-refractivity contribution in [2.45, 2.75) is 19.9 Å². The Balaban J connectivity index is 1.78. The predicted molar refractivity (Wildman–Crippen MR) is 87.6 cm³/mol. The summed E-state index contributed by atoms with van der Waals surface area (Å²) in [5, 5.41) is 5.27. The van der Waals surface area contributed by atoms with Crippen LogP contribution in [0.1, 0.15) is 11.3 Å². The Labute approximate surface area is 130 Å². The number of hydrogen-bond acceptors (Lipinski definition) is 1. The molecule has 3 aromatic rings. The van der Waals surface area contributed by atoms with Gasteiger partial charge in [-0.05, 0) is 36.6 Å². The van der Waals surface area contributed by atoms with Crippen LogP contribution in [-0.4, -0.2) is 9.78 Å². The SMILES string of the molecule is Cc1c(-c2ccc(Cl)cc2)cnn1CCc1ccccc1. The molecule has 0 aliphatic rings. The van der Waals surface area contributed by atoms with E-state index >= 15 is 0 Å². The number of halogens is 1. The molecule has 0 spiro atoms. The molecule has 0 radical (unpaired) electrons. The summed E-state index contributed by atoms with van der Waals surface area (Å²) in [6, 6.07) is 18.4. The number of benzene rings is 2. The van der Waals surface area contributed by atoms with Crippen LogP contribution >= 0.6 is 11.6 Å². The molecule has 0 atom stereocenters. The molecule has 0 amide bonds. The first kappa shape index (κ1) is 13.9. The molecule has 106 valence electrons. The second-order valence-corrected chi connectivity index (χ2v) is 5.55. The Morgan fingerprint density at radius 2 is 1.71 bits per heavy atom. The summed E-state index contributed by atoms with van der Waals surface area (Å²) in [7, 11) is 0. The fraction of sp³-hybridized carbons (Fsp3) is 0.167. The van der Waals surface area contributed by atoms with E-state index in [1.54, 1.807) is 0 Å². The third-order valence-corrected chi connectivity index (χ3v) is 3.97. The van der Waals surface area contributed by atoms with Crippen LogP contribution in [0.4, 0.5) is 0 Å². The summed E-state index contributed by atoms with van der Waals surface area (Å²) in [6.45, 7) is 3.01. The molecule has 0 saturated heterocycles. The lowest BCUT2D eigenvalue weighted by atomic mass is 10.1. The van der Waals surface area contributed by atoms with Crippen molar-refractivity contribution in [3.63, 3.8) is 0 Å². The summed E-state index contributed by atoms with van der Waals surface area (Å²) in [5.41, 5.74) is 4.84. The quantitative estimate of drug-likeness (QED) is 0.679. The molecular formula is C18H17ClN2. The number of nitrogens with zero attached hydrogens (tertiary/aromatic N) is 2. The molecule has 3 heteroatoms. The van der Waals surface area contributed by atoms with Gasteiger partial charge in [-0.2, -0.15) is 5.10 Å². The molecule has 21 heavy (non-hydrogen) atoms. The van der Waals surface area contributed by atoms with Crippen LogP contribution in [-0.2, 0) is 13.0 Å². The second-order valence-electron chi connectivity index (χ2n) is 5.11. The minimum Gasteiger partial charge on any atom is -0.269 e. The zero-order chi connectivity index (χ0) is 14.7. The van der Waals surface area contributed by atoms with Crippen molar-refractivity contribution < 1.29 is 0 Å². The van der Waals surface area contributed by atoms with Gasteiger partial charge < -0.3 is 0 Å². The normalized spacial score (nSPS) is 10.8. The predicted octanol–water partition coefficient (Wildman–Crippen LogP) is 4.75. The smallest absolute Gasteiger partial charge is 0.0571 e. The lowest BCUT2D eigenvalue weighted by Gasteiger charge is -2.06. The maximum atomic E-state index is 5.94. The van der Waals surface area contributed by atoms with E-state index in [2.05, 4.69) is 41.0 Å².